The molecule has 4 rings (SSSR count). The minimum absolute atomic E-state index is 0.114. The predicted octanol–water partition coefficient (Wildman–Crippen LogP) is 5.17. The lowest BCUT2D eigenvalue weighted by Crippen LogP contribution is -2.52. The Hall–Kier alpha value is -2.37. The third-order valence-corrected chi connectivity index (χ3v) is 7.66. The highest BCUT2D eigenvalue weighted by molar-refractivity contribution is 6.06. The van der Waals surface area contributed by atoms with Crippen LogP contribution in [0.25, 0.3) is 0 Å². The molecule has 1 aliphatic carbocycles. The van der Waals surface area contributed by atoms with E-state index in [4.69, 9.17) is 0 Å². The number of amides is 3. The Morgan fingerprint density at radius 2 is 1.67 bits per heavy atom. The standard InChI is InChI=1S/C27H39N3O3/c31-25-17-16-24(26(32)29-25)30-19-22-21(27(30)33)14-10-15-23(22)28-18-9-4-2-1-3-6-11-20-12-7-5-8-13-20/h10,14-15,20,24,28H,1-9,11-13,16-19H2,(H,29,31,32). The Balaban J connectivity index is 1.16. The topological polar surface area (TPSA) is 78.5 Å². The number of nitrogens with zero attached hydrogens (tertiary/aromatic N) is 1. The van der Waals surface area contributed by atoms with Crippen molar-refractivity contribution in [1.29, 1.82) is 0 Å². The first-order valence-electron chi connectivity index (χ1n) is 13.1. The van der Waals surface area contributed by atoms with Crippen LogP contribution in [-0.4, -0.2) is 35.2 Å². The van der Waals surface area contributed by atoms with Crippen molar-refractivity contribution in [3.63, 3.8) is 0 Å². The van der Waals surface area contributed by atoms with Gasteiger partial charge in [0.15, 0.2) is 0 Å². The molecule has 0 radical (unpaired) electrons. The highest BCUT2D eigenvalue weighted by Gasteiger charge is 2.39. The van der Waals surface area contributed by atoms with Gasteiger partial charge in [-0.1, -0.05) is 76.7 Å². The van der Waals surface area contributed by atoms with Crippen molar-refractivity contribution in [2.45, 2.75) is 102 Å². The molecule has 1 atom stereocenters. The third kappa shape index (κ3) is 6.15. The molecular weight excluding hydrogens is 414 g/mol. The number of carbonyl (C=O) groups is 3. The summed E-state index contributed by atoms with van der Waals surface area (Å²) < 4.78 is 0. The second-order valence-electron chi connectivity index (χ2n) is 10.1. The molecule has 6 heteroatoms. The number of hydrogen-bond acceptors (Lipinski definition) is 4. The average Bonchev–Trinajstić information content (AvgIpc) is 3.15. The monoisotopic (exact) mass is 453 g/mol. The number of benzene rings is 1. The second-order valence-corrected chi connectivity index (χ2v) is 10.1. The number of fused-ring (bicyclic) bond motifs is 1. The number of carbonyl (C=O) groups excluding carboxylic acids is 3. The predicted molar refractivity (Wildman–Crippen MR) is 130 cm³/mol. The van der Waals surface area contributed by atoms with Crippen LogP contribution in [0.5, 0.6) is 0 Å². The van der Waals surface area contributed by atoms with E-state index in [1.54, 1.807) is 4.90 Å². The summed E-state index contributed by atoms with van der Waals surface area (Å²) >= 11 is 0. The van der Waals surface area contributed by atoms with Crippen LogP contribution >= 0.6 is 0 Å². The maximum atomic E-state index is 12.9. The minimum Gasteiger partial charge on any atom is -0.385 e. The Bertz CT molecular complexity index is 847. The molecule has 2 N–H and O–H groups in total. The molecule has 0 aromatic heterocycles. The number of anilines is 1. The van der Waals surface area contributed by atoms with Crippen LogP contribution < -0.4 is 10.6 Å². The summed E-state index contributed by atoms with van der Waals surface area (Å²) in [4.78, 5) is 38.2. The zero-order chi connectivity index (χ0) is 23.0. The molecule has 1 unspecified atom stereocenters. The third-order valence-electron chi connectivity index (χ3n) is 7.66. The number of piperidine rings is 1. The van der Waals surface area contributed by atoms with Crippen LogP contribution in [0.15, 0.2) is 18.2 Å². The van der Waals surface area contributed by atoms with Crippen molar-refractivity contribution in [1.82, 2.24) is 10.2 Å². The fourth-order valence-corrected chi connectivity index (χ4v) is 5.72. The van der Waals surface area contributed by atoms with E-state index in [1.807, 2.05) is 18.2 Å². The molecule has 1 saturated heterocycles. The smallest absolute Gasteiger partial charge is 0.255 e. The molecule has 1 aromatic carbocycles. The molecule has 0 bridgehead atoms. The van der Waals surface area contributed by atoms with Crippen molar-refractivity contribution >= 4 is 23.4 Å². The highest BCUT2D eigenvalue weighted by atomic mass is 16.2. The van der Waals surface area contributed by atoms with Crippen LogP contribution in [-0.2, 0) is 16.1 Å². The normalized spacial score (nSPS) is 21.3. The van der Waals surface area contributed by atoms with Gasteiger partial charge in [-0.3, -0.25) is 19.7 Å². The van der Waals surface area contributed by atoms with Crippen molar-refractivity contribution in [3.05, 3.63) is 29.3 Å². The van der Waals surface area contributed by atoms with E-state index in [1.165, 1.54) is 70.6 Å². The summed E-state index contributed by atoms with van der Waals surface area (Å²) in [6.45, 7) is 1.32. The molecule has 3 amide bonds. The number of unbranched alkanes of at least 4 members (excludes halogenated alkanes) is 5. The van der Waals surface area contributed by atoms with Crippen molar-refractivity contribution in [3.8, 4) is 0 Å². The van der Waals surface area contributed by atoms with E-state index in [0.717, 1.165) is 30.1 Å². The van der Waals surface area contributed by atoms with E-state index in [-0.39, 0.29) is 24.1 Å². The van der Waals surface area contributed by atoms with Gasteiger partial charge in [-0.15, -0.1) is 0 Å². The van der Waals surface area contributed by atoms with Crippen LogP contribution in [0.1, 0.15) is 106 Å². The maximum Gasteiger partial charge on any atom is 0.255 e. The van der Waals surface area contributed by atoms with Gasteiger partial charge in [-0.25, -0.2) is 0 Å². The number of rotatable bonds is 11. The molecule has 2 fully saturated rings. The summed E-state index contributed by atoms with van der Waals surface area (Å²) in [6.07, 6.45) is 17.1. The van der Waals surface area contributed by atoms with Gasteiger partial charge >= 0.3 is 0 Å². The van der Waals surface area contributed by atoms with Crippen LogP contribution in [0.2, 0.25) is 0 Å². The van der Waals surface area contributed by atoms with Gasteiger partial charge in [0.2, 0.25) is 11.8 Å². The van der Waals surface area contributed by atoms with Gasteiger partial charge in [0, 0.05) is 36.3 Å². The first kappa shape index (κ1) is 23.8. The lowest BCUT2D eigenvalue weighted by Gasteiger charge is -2.29. The van der Waals surface area contributed by atoms with Crippen molar-refractivity contribution in [2.75, 3.05) is 11.9 Å². The van der Waals surface area contributed by atoms with Gasteiger partial charge in [0.1, 0.15) is 6.04 Å². The summed E-state index contributed by atoms with van der Waals surface area (Å²) in [7, 11) is 0. The fraction of sp³-hybridized carbons (Fsp3) is 0.667. The number of nitrogens with one attached hydrogen (secondary N) is 2. The first-order valence-corrected chi connectivity index (χ1v) is 13.1. The maximum absolute atomic E-state index is 12.9. The van der Waals surface area contributed by atoms with E-state index in [9.17, 15) is 14.4 Å². The van der Waals surface area contributed by atoms with E-state index >= 15 is 0 Å². The minimum atomic E-state index is -0.562. The Labute approximate surface area is 197 Å². The number of imide groups is 1. The largest absolute Gasteiger partial charge is 0.385 e. The fourth-order valence-electron chi connectivity index (χ4n) is 5.72. The molecule has 2 aliphatic heterocycles. The van der Waals surface area contributed by atoms with Crippen LogP contribution in [0, 0.1) is 5.92 Å². The van der Waals surface area contributed by atoms with E-state index in [2.05, 4.69) is 10.6 Å². The average molecular weight is 454 g/mol. The van der Waals surface area contributed by atoms with Gasteiger partial charge < -0.3 is 10.2 Å². The molecular formula is C27H39N3O3. The highest BCUT2D eigenvalue weighted by Crippen LogP contribution is 2.32. The molecule has 3 aliphatic rings. The van der Waals surface area contributed by atoms with Crippen LogP contribution in [0.3, 0.4) is 0 Å². The molecule has 1 saturated carbocycles. The summed E-state index contributed by atoms with van der Waals surface area (Å²) in [5.74, 6) is 0.275. The lowest BCUT2D eigenvalue weighted by molar-refractivity contribution is -0.136. The van der Waals surface area contributed by atoms with E-state index < -0.39 is 6.04 Å². The Morgan fingerprint density at radius 3 is 2.45 bits per heavy atom. The van der Waals surface area contributed by atoms with Crippen LogP contribution in [0.4, 0.5) is 5.69 Å². The van der Waals surface area contributed by atoms with Gasteiger partial charge in [-0.05, 0) is 30.9 Å². The molecule has 180 valence electrons. The van der Waals surface area contributed by atoms with E-state index in [0.29, 0.717) is 18.5 Å². The SMILES string of the molecule is O=C1CCC(N2Cc3c(NCCCCCCCCC4CCCCC4)cccc3C2=O)C(=O)N1. The zero-order valence-electron chi connectivity index (χ0n) is 19.9. The molecule has 6 nitrogen and oxygen atoms in total. The molecule has 0 spiro atoms. The van der Waals surface area contributed by atoms with Crippen molar-refractivity contribution in [2.24, 2.45) is 5.92 Å². The summed E-state index contributed by atoms with van der Waals surface area (Å²) in [5.41, 5.74) is 2.63. The summed E-state index contributed by atoms with van der Waals surface area (Å²) in [5, 5.41) is 5.88. The number of hydrogen-bond donors (Lipinski definition) is 2. The van der Waals surface area contributed by atoms with Gasteiger partial charge in [0.25, 0.3) is 5.91 Å². The molecule has 33 heavy (non-hydrogen) atoms. The van der Waals surface area contributed by atoms with Gasteiger partial charge in [0.05, 0.1) is 0 Å². The quantitative estimate of drug-likeness (QED) is 0.358. The van der Waals surface area contributed by atoms with Gasteiger partial charge in [-0.2, -0.15) is 0 Å². The zero-order valence-corrected chi connectivity index (χ0v) is 19.9. The lowest BCUT2D eigenvalue weighted by atomic mass is 9.85. The Kier molecular flexibility index (Phi) is 8.40. The second kappa shape index (κ2) is 11.7. The first-order chi connectivity index (χ1) is 16.1. The van der Waals surface area contributed by atoms with Crippen molar-refractivity contribution < 1.29 is 14.4 Å². The molecule has 2 heterocycles. The Morgan fingerprint density at radius 1 is 0.909 bits per heavy atom. The molecule has 1 aromatic rings. The summed E-state index contributed by atoms with van der Waals surface area (Å²) in [6, 6.07) is 5.20.